The van der Waals surface area contributed by atoms with E-state index in [0.717, 1.165) is 17.6 Å². The van der Waals surface area contributed by atoms with Crippen LogP contribution in [-0.4, -0.2) is 38.1 Å². The number of carbonyl (C=O) groups is 1. The van der Waals surface area contributed by atoms with Crippen LogP contribution in [0.4, 0.5) is 4.79 Å². The summed E-state index contributed by atoms with van der Waals surface area (Å²) in [7, 11) is 3.46. The number of urea groups is 1. The predicted molar refractivity (Wildman–Crippen MR) is 70.8 cm³/mol. The van der Waals surface area contributed by atoms with Crippen molar-refractivity contribution in [2.75, 3.05) is 27.2 Å². The molecule has 0 aliphatic rings. The number of rotatable bonds is 5. The second-order valence-corrected chi connectivity index (χ2v) is 5.45. The van der Waals surface area contributed by atoms with Gasteiger partial charge >= 0.3 is 6.03 Å². The van der Waals surface area contributed by atoms with E-state index in [4.69, 9.17) is 0 Å². The third kappa shape index (κ3) is 4.96. The Balaban J connectivity index is 2.06. The van der Waals surface area contributed by atoms with Crippen molar-refractivity contribution in [3.05, 3.63) is 20.8 Å². The maximum Gasteiger partial charge on any atom is 0.316 e. The van der Waals surface area contributed by atoms with Gasteiger partial charge in [-0.3, -0.25) is 0 Å². The fourth-order valence-corrected chi connectivity index (χ4v) is 2.49. The molecule has 6 heteroatoms. The van der Waals surface area contributed by atoms with Crippen LogP contribution in [-0.2, 0) is 6.54 Å². The number of amides is 2. The molecule has 2 N–H and O–H groups in total. The number of nitrogens with zero attached hydrogens (tertiary/aromatic N) is 1. The molecule has 1 aromatic rings. The average Bonchev–Trinajstić information content (AvgIpc) is 2.63. The van der Waals surface area contributed by atoms with Crippen molar-refractivity contribution >= 4 is 33.3 Å². The van der Waals surface area contributed by atoms with Crippen molar-refractivity contribution in [2.45, 2.75) is 6.54 Å². The zero-order valence-corrected chi connectivity index (χ0v) is 11.8. The van der Waals surface area contributed by atoms with Gasteiger partial charge in [-0.05, 0) is 22.0 Å². The summed E-state index contributed by atoms with van der Waals surface area (Å²) in [4.78, 5) is 14.0. The minimum absolute atomic E-state index is 0.0549. The van der Waals surface area contributed by atoms with Crippen molar-refractivity contribution in [2.24, 2.45) is 0 Å². The van der Waals surface area contributed by atoms with E-state index in [1.54, 1.807) is 25.4 Å². The van der Waals surface area contributed by atoms with Gasteiger partial charge in [0.05, 0.1) is 0 Å². The Morgan fingerprint density at radius 3 is 2.81 bits per heavy atom. The molecule has 0 atom stereocenters. The van der Waals surface area contributed by atoms with Gasteiger partial charge in [0.15, 0.2) is 0 Å². The third-order valence-electron chi connectivity index (χ3n) is 1.91. The summed E-state index contributed by atoms with van der Waals surface area (Å²) >= 11 is 5.12. The second kappa shape index (κ2) is 6.88. The molecule has 0 saturated heterocycles. The van der Waals surface area contributed by atoms with E-state index in [1.807, 2.05) is 0 Å². The summed E-state index contributed by atoms with van der Waals surface area (Å²) in [6, 6.07) is 2.04. The van der Waals surface area contributed by atoms with Gasteiger partial charge in [0, 0.05) is 48.5 Å². The smallest absolute Gasteiger partial charge is 0.316 e. The largest absolute Gasteiger partial charge is 0.337 e. The lowest BCUT2D eigenvalue weighted by atomic mass is 10.4. The van der Waals surface area contributed by atoms with Crippen molar-refractivity contribution < 1.29 is 4.79 Å². The van der Waals surface area contributed by atoms with Gasteiger partial charge in [-0.15, -0.1) is 11.3 Å². The first-order chi connectivity index (χ1) is 7.59. The first kappa shape index (κ1) is 13.5. The van der Waals surface area contributed by atoms with Gasteiger partial charge < -0.3 is 15.5 Å². The zero-order chi connectivity index (χ0) is 12.0. The Kier molecular flexibility index (Phi) is 5.79. The van der Waals surface area contributed by atoms with E-state index < -0.39 is 0 Å². The Hall–Kier alpha value is -0.590. The van der Waals surface area contributed by atoms with Gasteiger partial charge in [0.1, 0.15) is 0 Å². The van der Waals surface area contributed by atoms with E-state index in [-0.39, 0.29) is 6.03 Å². The molecule has 2 amide bonds. The van der Waals surface area contributed by atoms with E-state index >= 15 is 0 Å². The summed E-state index contributed by atoms with van der Waals surface area (Å²) in [5.74, 6) is 0. The first-order valence-corrected chi connectivity index (χ1v) is 6.65. The molecule has 1 aromatic heterocycles. The van der Waals surface area contributed by atoms with Crippen LogP contribution in [0.3, 0.4) is 0 Å². The highest BCUT2D eigenvalue weighted by Crippen LogP contribution is 2.19. The summed E-state index contributed by atoms with van der Waals surface area (Å²) in [6.45, 7) is 2.26. The molecule has 0 spiro atoms. The van der Waals surface area contributed by atoms with Gasteiger partial charge in [-0.1, -0.05) is 0 Å². The fourth-order valence-electron chi connectivity index (χ4n) is 1.07. The third-order valence-corrected chi connectivity index (χ3v) is 3.60. The second-order valence-electron chi connectivity index (χ2n) is 3.53. The van der Waals surface area contributed by atoms with Crippen molar-refractivity contribution in [3.8, 4) is 0 Å². The molecule has 0 aliphatic heterocycles. The standard InChI is InChI=1S/C10H16BrN3OS/c1-14(2)10(15)13-4-3-12-6-9-5-8(11)7-16-9/h5,7,12H,3-4,6H2,1-2H3,(H,13,15). The number of hydrogen-bond donors (Lipinski definition) is 2. The van der Waals surface area contributed by atoms with E-state index in [9.17, 15) is 4.79 Å². The molecule has 0 bridgehead atoms. The minimum Gasteiger partial charge on any atom is -0.337 e. The van der Waals surface area contributed by atoms with E-state index in [0.29, 0.717) is 6.54 Å². The lowest BCUT2D eigenvalue weighted by molar-refractivity contribution is 0.217. The van der Waals surface area contributed by atoms with Crippen molar-refractivity contribution in [1.82, 2.24) is 15.5 Å². The average molecular weight is 306 g/mol. The predicted octanol–water partition coefficient (Wildman–Crippen LogP) is 1.87. The van der Waals surface area contributed by atoms with Gasteiger partial charge in [-0.2, -0.15) is 0 Å². The molecule has 90 valence electrons. The summed E-state index contributed by atoms with van der Waals surface area (Å²) in [6.07, 6.45) is 0. The van der Waals surface area contributed by atoms with Gasteiger partial charge in [0.2, 0.25) is 0 Å². The molecule has 0 saturated carbocycles. The van der Waals surface area contributed by atoms with Crippen LogP contribution in [0.15, 0.2) is 15.9 Å². The Labute approximate surface area is 108 Å². The maximum absolute atomic E-state index is 11.2. The van der Waals surface area contributed by atoms with Crippen molar-refractivity contribution in [1.29, 1.82) is 0 Å². The molecule has 0 fully saturated rings. The van der Waals surface area contributed by atoms with Crippen LogP contribution >= 0.6 is 27.3 Å². The molecule has 0 unspecified atom stereocenters. The monoisotopic (exact) mass is 305 g/mol. The van der Waals surface area contributed by atoms with Crippen LogP contribution in [0.25, 0.3) is 0 Å². The van der Waals surface area contributed by atoms with Gasteiger partial charge in [-0.25, -0.2) is 4.79 Å². The number of hydrogen-bond acceptors (Lipinski definition) is 3. The Morgan fingerprint density at radius 2 is 2.25 bits per heavy atom. The van der Waals surface area contributed by atoms with Crippen LogP contribution in [0.5, 0.6) is 0 Å². The summed E-state index contributed by atoms with van der Waals surface area (Å²) in [5.41, 5.74) is 0. The van der Waals surface area contributed by atoms with E-state index in [1.165, 1.54) is 9.78 Å². The molecule has 1 rings (SSSR count). The summed E-state index contributed by atoms with van der Waals surface area (Å²) < 4.78 is 1.12. The number of halogens is 1. The highest BCUT2D eigenvalue weighted by Gasteiger charge is 2.01. The fraction of sp³-hybridized carbons (Fsp3) is 0.500. The van der Waals surface area contributed by atoms with Gasteiger partial charge in [0.25, 0.3) is 0 Å². The van der Waals surface area contributed by atoms with E-state index in [2.05, 4.69) is 38.0 Å². The number of thiophene rings is 1. The van der Waals surface area contributed by atoms with Crippen LogP contribution in [0, 0.1) is 0 Å². The highest BCUT2D eigenvalue weighted by molar-refractivity contribution is 9.10. The number of nitrogens with one attached hydrogen (secondary N) is 2. The first-order valence-electron chi connectivity index (χ1n) is 4.98. The lowest BCUT2D eigenvalue weighted by Gasteiger charge is -2.11. The molecule has 4 nitrogen and oxygen atoms in total. The zero-order valence-electron chi connectivity index (χ0n) is 9.42. The molecule has 16 heavy (non-hydrogen) atoms. The Morgan fingerprint density at radius 1 is 1.50 bits per heavy atom. The van der Waals surface area contributed by atoms with Crippen LogP contribution in [0.1, 0.15) is 4.88 Å². The molecule has 1 heterocycles. The minimum atomic E-state index is -0.0549. The molecule has 0 radical (unpaired) electrons. The quantitative estimate of drug-likeness (QED) is 0.816. The Bertz CT molecular complexity index is 341. The normalized spacial score (nSPS) is 10.2. The molecule has 0 aromatic carbocycles. The number of carbonyl (C=O) groups excluding carboxylic acids is 1. The summed E-state index contributed by atoms with van der Waals surface area (Å²) in [5, 5.41) is 8.12. The SMILES string of the molecule is CN(C)C(=O)NCCNCc1cc(Br)cs1. The van der Waals surface area contributed by atoms with Crippen molar-refractivity contribution in [3.63, 3.8) is 0 Å². The molecule has 0 aliphatic carbocycles. The lowest BCUT2D eigenvalue weighted by Crippen LogP contribution is -2.38. The maximum atomic E-state index is 11.2. The van der Waals surface area contributed by atoms with Crippen LogP contribution < -0.4 is 10.6 Å². The van der Waals surface area contributed by atoms with Crippen LogP contribution in [0.2, 0.25) is 0 Å². The topological polar surface area (TPSA) is 44.4 Å². The molecular weight excluding hydrogens is 290 g/mol. The molecular formula is C10H16BrN3OS. The highest BCUT2D eigenvalue weighted by atomic mass is 79.9.